The number of aliphatic hydroxyl groups is 3. The third-order valence-electron chi connectivity index (χ3n) is 2.14. The van der Waals surface area contributed by atoms with Crippen molar-refractivity contribution >= 4 is 11.1 Å². The molecule has 16 heavy (non-hydrogen) atoms. The summed E-state index contributed by atoms with van der Waals surface area (Å²) in [5.41, 5.74) is 0. The van der Waals surface area contributed by atoms with Crippen molar-refractivity contribution in [3.63, 3.8) is 0 Å². The molecule has 3 atom stereocenters. The normalized spacial score (nSPS) is 17.0. The summed E-state index contributed by atoms with van der Waals surface area (Å²) in [4.78, 5) is 0. The second-order valence-electron chi connectivity index (χ2n) is 3.66. The Balaban J connectivity index is 3.51. The predicted octanol–water partition coefficient (Wildman–Crippen LogP) is 0.309. The lowest BCUT2D eigenvalue weighted by molar-refractivity contribution is -0.112. The van der Waals surface area contributed by atoms with Crippen molar-refractivity contribution in [2.75, 3.05) is 12.4 Å². The molecule has 5 nitrogen and oxygen atoms in total. The number of aliphatic hydroxyl groups excluding tert-OH is 3. The Morgan fingerprint density at radius 1 is 1.19 bits per heavy atom. The Bertz CT molecular complexity index is 188. The quantitative estimate of drug-likeness (QED) is 0.386. The summed E-state index contributed by atoms with van der Waals surface area (Å²) >= 11 is -1.60. The Kier molecular flexibility index (Phi) is 10.2. The third kappa shape index (κ3) is 8.18. The fraction of sp³-hybridized carbons (Fsp3) is 1.00. The molecule has 0 spiro atoms. The van der Waals surface area contributed by atoms with Gasteiger partial charge in [-0.2, -0.15) is 0 Å². The predicted molar refractivity (Wildman–Crippen MR) is 62.0 cm³/mol. The van der Waals surface area contributed by atoms with Crippen LogP contribution >= 0.6 is 0 Å². The van der Waals surface area contributed by atoms with E-state index in [1.807, 2.05) is 0 Å². The monoisotopic (exact) mass is 254 g/mol. The number of rotatable bonds is 10. The van der Waals surface area contributed by atoms with Gasteiger partial charge in [0.25, 0.3) is 0 Å². The zero-order valence-corrected chi connectivity index (χ0v) is 10.5. The zero-order chi connectivity index (χ0) is 12.4. The van der Waals surface area contributed by atoms with Crippen LogP contribution in [-0.4, -0.2) is 44.3 Å². The topological polar surface area (TPSA) is 87.0 Å². The van der Waals surface area contributed by atoms with E-state index in [-0.39, 0.29) is 0 Å². The highest BCUT2D eigenvalue weighted by Crippen LogP contribution is 2.05. The maximum atomic E-state index is 11.2. The van der Waals surface area contributed by atoms with Crippen LogP contribution in [0.25, 0.3) is 0 Å². The SMILES string of the molecule is CCCCCCCS(=O)OC(O)C(O)CO. The molecule has 0 bridgehead atoms. The molecule has 0 saturated carbocycles. The first kappa shape index (κ1) is 16.0. The highest BCUT2D eigenvalue weighted by Gasteiger charge is 2.18. The summed E-state index contributed by atoms with van der Waals surface area (Å²) in [5, 5.41) is 26.6. The second kappa shape index (κ2) is 10.2. The van der Waals surface area contributed by atoms with Crippen LogP contribution in [0.2, 0.25) is 0 Å². The van der Waals surface area contributed by atoms with Crippen molar-refractivity contribution in [2.45, 2.75) is 51.4 Å². The first-order valence-corrected chi connectivity index (χ1v) is 6.88. The third-order valence-corrected chi connectivity index (χ3v) is 3.17. The molecule has 3 N–H and O–H groups in total. The van der Waals surface area contributed by atoms with Crippen LogP contribution in [-0.2, 0) is 15.3 Å². The van der Waals surface area contributed by atoms with E-state index in [9.17, 15) is 4.21 Å². The van der Waals surface area contributed by atoms with Crippen LogP contribution in [0.5, 0.6) is 0 Å². The van der Waals surface area contributed by atoms with Gasteiger partial charge in [0.1, 0.15) is 6.10 Å². The number of unbranched alkanes of at least 4 members (excludes halogenated alkanes) is 4. The van der Waals surface area contributed by atoms with Crippen molar-refractivity contribution in [3.05, 3.63) is 0 Å². The maximum absolute atomic E-state index is 11.2. The molecule has 0 radical (unpaired) electrons. The summed E-state index contributed by atoms with van der Waals surface area (Å²) in [6.45, 7) is 1.50. The first-order valence-electron chi connectivity index (χ1n) is 5.64. The lowest BCUT2D eigenvalue weighted by atomic mass is 10.2. The Morgan fingerprint density at radius 2 is 1.81 bits per heavy atom. The number of hydrogen-bond acceptors (Lipinski definition) is 5. The minimum atomic E-state index is -1.60. The Hall–Kier alpha value is -0.0100. The van der Waals surface area contributed by atoms with Crippen molar-refractivity contribution < 1.29 is 23.7 Å². The van der Waals surface area contributed by atoms with Gasteiger partial charge < -0.3 is 15.3 Å². The van der Waals surface area contributed by atoms with Gasteiger partial charge in [-0.05, 0) is 6.42 Å². The first-order chi connectivity index (χ1) is 7.61. The van der Waals surface area contributed by atoms with Crippen molar-refractivity contribution in [1.82, 2.24) is 0 Å². The lowest BCUT2D eigenvalue weighted by Crippen LogP contribution is -2.32. The summed E-state index contributed by atoms with van der Waals surface area (Å²) in [5.74, 6) is 0.346. The molecule has 0 fully saturated rings. The van der Waals surface area contributed by atoms with Crippen LogP contribution < -0.4 is 0 Å². The van der Waals surface area contributed by atoms with E-state index in [4.69, 9.17) is 15.3 Å². The van der Waals surface area contributed by atoms with E-state index in [0.717, 1.165) is 25.7 Å². The summed E-state index contributed by atoms with van der Waals surface area (Å²) in [6.07, 6.45) is 2.21. The largest absolute Gasteiger partial charge is 0.393 e. The van der Waals surface area contributed by atoms with E-state index in [0.29, 0.717) is 5.75 Å². The molecular weight excluding hydrogens is 232 g/mol. The van der Waals surface area contributed by atoms with E-state index in [1.54, 1.807) is 0 Å². The summed E-state index contributed by atoms with van der Waals surface area (Å²) in [6, 6.07) is 0. The van der Waals surface area contributed by atoms with Gasteiger partial charge in [0.05, 0.1) is 6.61 Å². The van der Waals surface area contributed by atoms with Crippen molar-refractivity contribution in [3.8, 4) is 0 Å². The molecule has 98 valence electrons. The van der Waals surface area contributed by atoms with Crippen molar-refractivity contribution in [2.24, 2.45) is 0 Å². The molecule has 0 aromatic carbocycles. The standard InChI is InChI=1S/C10H22O5S/c1-2-3-4-5-6-7-16(14)15-10(13)9(12)8-11/h9-13H,2-8H2,1H3. The average molecular weight is 254 g/mol. The minimum Gasteiger partial charge on any atom is -0.393 e. The molecule has 0 rings (SSSR count). The van der Waals surface area contributed by atoms with Crippen molar-refractivity contribution in [1.29, 1.82) is 0 Å². The lowest BCUT2D eigenvalue weighted by Gasteiger charge is -2.14. The molecule has 0 aromatic rings. The molecule has 0 saturated heterocycles. The molecule has 6 heteroatoms. The maximum Gasteiger partial charge on any atom is 0.198 e. The fourth-order valence-corrected chi connectivity index (χ4v) is 2.02. The van der Waals surface area contributed by atoms with Gasteiger partial charge in [0.2, 0.25) is 0 Å². The fourth-order valence-electron chi connectivity index (χ4n) is 1.14. The van der Waals surface area contributed by atoms with Gasteiger partial charge in [0.15, 0.2) is 17.4 Å². The average Bonchev–Trinajstić information content (AvgIpc) is 2.27. The van der Waals surface area contributed by atoms with E-state index >= 15 is 0 Å². The second-order valence-corrected chi connectivity index (χ2v) is 4.87. The van der Waals surface area contributed by atoms with E-state index in [2.05, 4.69) is 11.1 Å². The molecule has 0 aliphatic heterocycles. The van der Waals surface area contributed by atoms with Crippen LogP contribution in [0.15, 0.2) is 0 Å². The molecule has 0 aliphatic carbocycles. The molecule has 0 amide bonds. The van der Waals surface area contributed by atoms with Gasteiger partial charge in [-0.3, -0.25) is 4.18 Å². The Labute approximate surface area is 99.1 Å². The minimum absolute atomic E-state index is 0.346. The van der Waals surface area contributed by atoms with E-state index in [1.165, 1.54) is 6.42 Å². The Morgan fingerprint density at radius 3 is 2.38 bits per heavy atom. The van der Waals surface area contributed by atoms with Crippen LogP contribution in [0, 0.1) is 0 Å². The van der Waals surface area contributed by atoms with Crippen LogP contribution in [0.3, 0.4) is 0 Å². The molecule has 0 heterocycles. The summed E-state index contributed by atoms with van der Waals surface area (Å²) < 4.78 is 15.9. The van der Waals surface area contributed by atoms with Gasteiger partial charge >= 0.3 is 0 Å². The van der Waals surface area contributed by atoms with E-state index < -0.39 is 30.1 Å². The smallest absolute Gasteiger partial charge is 0.198 e. The van der Waals surface area contributed by atoms with Crippen LogP contribution in [0.4, 0.5) is 0 Å². The zero-order valence-electron chi connectivity index (χ0n) is 9.67. The number of hydrogen-bond donors (Lipinski definition) is 3. The molecule has 3 unspecified atom stereocenters. The summed E-state index contributed by atoms with van der Waals surface area (Å²) in [7, 11) is 0. The van der Waals surface area contributed by atoms with Crippen LogP contribution in [0.1, 0.15) is 39.0 Å². The van der Waals surface area contributed by atoms with Gasteiger partial charge in [0, 0.05) is 5.75 Å². The van der Waals surface area contributed by atoms with Gasteiger partial charge in [-0.1, -0.05) is 32.6 Å². The van der Waals surface area contributed by atoms with Gasteiger partial charge in [-0.25, -0.2) is 4.21 Å². The highest BCUT2D eigenvalue weighted by atomic mass is 32.2. The van der Waals surface area contributed by atoms with Gasteiger partial charge in [-0.15, -0.1) is 0 Å². The molecular formula is C10H22O5S. The molecule has 0 aromatic heterocycles. The highest BCUT2D eigenvalue weighted by molar-refractivity contribution is 7.80. The molecule has 0 aliphatic rings.